The van der Waals surface area contributed by atoms with Gasteiger partial charge < -0.3 is 19.3 Å². The molecule has 0 N–H and O–H groups in total. The van der Waals surface area contributed by atoms with Gasteiger partial charge in [0.2, 0.25) is 5.88 Å². The lowest BCUT2D eigenvalue weighted by molar-refractivity contribution is 0.0824. The molecule has 154 valence electrons. The zero-order chi connectivity index (χ0) is 19.5. The Bertz CT molecular complexity index is 703. The number of aromatic nitrogens is 2. The molecule has 28 heavy (non-hydrogen) atoms. The fourth-order valence-corrected chi connectivity index (χ4v) is 4.11. The lowest BCUT2D eigenvalue weighted by atomic mass is 10.1. The minimum absolute atomic E-state index is 0.0107. The van der Waals surface area contributed by atoms with Crippen LogP contribution in [0.3, 0.4) is 0 Å². The van der Waals surface area contributed by atoms with E-state index in [1.54, 1.807) is 0 Å². The van der Waals surface area contributed by atoms with Crippen LogP contribution < -0.4 is 4.74 Å². The number of hydrogen-bond acceptors (Lipinski definition) is 5. The van der Waals surface area contributed by atoms with Gasteiger partial charge in [-0.2, -0.15) is 4.98 Å². The number of fused-ring (bicyclic) bond motifs is 1. The third-order valence-corrected chi connectivity index (χ3v) is 5.96. The van der Waals surface area contributed by atoms with Crippen LogP contribution in [-0.2, 0) is 17.6 Å². The van der Waals surface area contributed by atoms with E-state index in [-0.39, 0.29) is 12.1 Å². The van der Waals surface area contributed by atoms with Crippen LogP contribution in [0.2, 0.25) is 0 Å². The molecule has 7 heteroatoms. The monoisotopic (exact) mass is 388 g/mol. The lowest BCUT2D eigenvalue weighted by Crippen LogP contribution is -2.50. The van der Waals surface area contributed by atoms with Gasteiger partial charge in [-0.05, 0) is 39.5 Å². The Hall–Kier alpha value is -1.89. The van der Waals surface area contributed by atoms with Gasteiger partial charge in [-0.1, -0.05) is 0 Å². The highest BCUT2D eigenvalue weighted by Crippen LogP contribution is 2.40. The van der Waals surface area contributed by atoms with Gasteiger partial charge in [0.15, 0.2) is 0 Å². The van der Waals surface area contributed by atoms with Crippen molar-refractivity contribution in [3.05, 3.63) is 17.1 Å². The van der Waals surface area contributed by atoms with Crippen LogP contribution in [0.15, 0.2) is 0 Å². The smallest absolute Gasteiger partial charge is 0.320 e. The predicted molar refractivity (Wildman–Crippen MR) is 106 cm³/mol. The van der Waals surface area contributed by atoms with E-state index in [2.05, 4.69) is 0 Å². The molecule has 2 fully saturated rings. The fourth-order valence-electron chi connectivity index (χ4n) is 4.11. The minimum Gasteiger partial charge on any atom is -0.472 e. The van der Waals surface area contributed by atoms with E-state index in [9.17, 15) is 4.79 Å². The molecule has 1 aromatic heterocycles. The molecule has 1 aromatic rings. The Morgan fingerprint density at radius 3 is 2.71 bits per heavy atom. The highest BCUT2D eigenvalue weighted by atomic mass is 16.5. The maximum absolute atomic E-state index is 12.7. The first-order chi connectivity index (χ1) is 13.7. The van der Waals surface area contributed by atoms with Crippen LogP contribution in [0.1, 0.15) is 62.5 Å². The molecule has 2 amide bonds. The van der Waals surface area contributed by atoms with Crippen LogP contribution in [0.25, 0.3) is 0 Å². The van der Waals surface area contributed by atoms with Crippen LogP contribution in [0, 0.1) is 0 Å². The van der Waals surface area contributed by atoms with E-state index in [0.29, 0.717) is 25.7 Å². The fraction of sp³-hybridized carbons (Fsp3) is 0.762. The molecule has 1 saturated heterocycles. The van der Waals surface area contributed by atoms with Crippen molar-refractivity contribution in [2.45, 2.75) is 64.4 Å². The van der Waals surface area contributed by atoms with Crippen molar-refractivity contribution in [1.29, 1.82) is 0 Å². The van der Waals surface area contributed by atoms with Gasteiger partial charge in [0.1, 0.15) is 11.9 Å². The highest BCUT2D eigenvalue weighted by molar-refractivity contribution is 5.74. The largest absolute Gasteiger partial charge is 0.472 e. The molecule has 0 bridgehead atoms. The summed E-state index contributed by atoms with van der Waals surface area (Å²) < 4.78 is 12.1. The van der Waals surface area contributed by atoms with Crippen molar-refractivity contribution in [3.8, 4) is 5.88 Å². The molecule has 0 aromatic carbocycles. The molecule has 1 atom stereocenters. The number of piperidine rings is 1. The normalized spacial score (nSPS) is 22.4. The average Bonchev–Trinajstić information content (AvgIpc) is 3.56. The Labute approximate surface area is 167 Å². The van der Waals surface area contributed by atoms with Crippen molar-refractivity contribution in [2.75, 3.05) is 39.4 Å². The summed E-state index contributed by atoms with van der Waals surface area (Å²) in [5, 5.41) is 0. The van der Waals surface area contributed by atoms with Crippen LogP contribution >= 0.6 is 0 Å². The Kier molecular flexibility index (Phi) is 5.99. The number of amides is 2. The van der Waals surface area contributed by atoms with Crippen molar-refractivity contribution in [3.63, 3.8) is 0 Å². The number of carbonyl (C=O) groups excluding carboxylic acids is 1. The first-order valence-corrected chi connectivity index (χ1v) is 10.9. The van der Waals surface area contributed by atoms with Crippen LogP contribution in [0.5, 0.6) is 5.88 Å². The highest BCUT2D eigenvalue weighted by Gasteiger charge is 2.32. The molecular formula is C21H32N4O3. The number of rotatable bonds is 5. The summed E-state index contributed by atoms with van der Waals surface area (Å²) in [7, 11) is 0. The molecule has 0 spiro atoms. The molecule has 0 radical (unpaired) electrons. The van der Waals surface area contributed by atoms with Gasteiger partial charge in [-0.3, -0.25) is 0 Å². The topological polar surface area (TPSA) is 67.8 Å². The second kappa shape index (κ2) is 8.64. The third-order valence-electron chi connectivity index (χ3n) is 5.96. The minimum atomic E-state index is -0.0107. The van der Waals surface area contributed by atoms with E-state index in [0.717, 1.165) is 68.3 Å². The molecule has 3 heterocycles. The Morgan fingerprint density at radius 1 is 1.18 bits per heavy atom. The standard InChI is InChI=1S/C21H32N4O3/c1-3-24(4-2)21(26)25-11-5-6-16(14-25)28-20-17-9-12-27-13-10-18(17)22-19(23-20)15-7-8-15/h15-16H,3-14H2,1-2H3. The Morgan fingerprint density at radius 2 is 1.96 bits per heavy atom. The van der Waals surface area contributed by atoms with Gasteiger partial charge in [0.25, 0.3) is 0 Å². The van der Waals surface area contributed by atoms with Crippen LogP contribution in [0.4, 0.5) is 4.79 Å². The summed E-state index contributed by atoms with van der Waals surface area (Å²) in [6.07, 6.45) is 5.87. The van der Waals surface area contributed by atoms with Crippen molar-refractivity contribution in [2.24, 2.45) is 0 Å². The third kappa shape index (κ3) is 4.24. The molecule has 4 rings (SSSR count). The Balaban J connectivity index is 1.51. The summed E-state index contributed by atoms with van der Waals surface area (Å²) >= 11 is 0. The summed E-state index contributed by atoms with van der Waals surface area (Å²) in [6, 6.07) is 0.117. The zero-order valence-corrected chi connectivity index (χ0v) is 17.2. The summed E-state index contributed by atoms with van der Waals surface area (Å²) in [6.45, 7) is 8.36. The van der Waals surface area contributed by atoms with Gasteiger partial charge in [-0.15, -0.1) is 0 Å². The van der Waals surface area contributed by atoms with Crippen molar-refractivity contribution < 1.29 is 14.3 Å². The summed E-state index contributed by atoms with van der Waals surface area (Å²) in [5.74, 6) is 2.16. The van der Waals surface area contributed by atoms with Crippen molar-refractivity contribution in [1.82, 2.24) is 19.8 Å². The van der Waals surface area contributed by atoms with E-state index in [1.165, 1.54) is 12.8 Å². The van der Waals surface area contributed by atoms with E-state index < -0.39 is 0 Å². The molecule has 1 saturated carbocycles. The molecular weight excluding hydrogens is 356 g/mol. The van der Waals surface area contributed by atoms with E-state index in [4.69, 9.17) is 19.4 Å². The molecule has 7 nitrogen and oxygen atoms in total. The maximum atomic E-state index is 12.7. The summed E-state index contributed by atoms with van der Waals surface area (Å²) in [4.78, 5) is 26.2. The molecule has 2 aliphatic heterocycles. The molecule has 1 unspecified atom stereocenters. The second-order valence-electron chi connectivity index (χ2n) is 7.98. The maximum Gasteiger partial charge on any atom is 0.320 e. The number of urea groups is 1. The number of nitrogens with zero attached hydrogens (tertiary/aromatic N) is 4. The second-order valence-corrected chi connectivity index (χ2v) is 7.98. The van der Waals surface area contributed by atoms with Crippen molar-refractivity contribution >= 4 is 6.03 Å². The van der Waals surface area contributed by atoms with Gasteiger partial charge in [0.05, 0.1) is 25.5 Å². The van der Waals surface area contributed by atoms with E-state index in [1.807, 2.05) is 23.6 Å². The lowest BCUT2D eigenvalue weighted by Gasteiger charge is -2.36. The number of carbonyl (C=O) groups is 1. The van der Waals surface area contributed by atoms with Crippen LogP contribution in [-0.4, -0.2) is 71.3 Å². The number of likely N-dealkylation sites (tertiary alicyclic amines) is 1. The number of ether oxygens (including phenoxy) is 2. The molecule has 1 aliphatic carbocycles. The van der Waals surface area contributed by atoms with Gasteiger partial charge in [0, 0.05) is 44.0 Å². The SMILES string of the molecule is CCN(CC)C(=O)N1CCCC(Oc2nc(C3CC3)nc3c2CCOCC3)C1. The predicted octanol–water partition coefficient (Wildman–Crippen LogP) is 2.77. The van der Waals surface area contributed by atoms with Gasteiger partial charge >= 0.3 is 6.03 Å². The van der Waals surface area contributed by atoms with Gasteiger partial charge in [-0.25, -0.2) is 9.78 Å². The first-order valence-electron chi connectivity index (χ1n) is 10.9. The zero-order valence-electron chi connectivity index (χ0n) is 17.2. The summed E-state index contributed by atoms with van der Waals surface area (Å²) in [5.41, 5.74) is 2.20. The first kappa shape index (κ1) is 19.4. The quantitative estimate of drug-likeness (QED) is 0.776. The number of hydrogen-bond donors (Lipinski definition) is 0. The van der Waals surface area contributed by atoms with E-state index >= 15 is 0 Å². The average molecular weight is 389 g/mol. The molecule has 3 aliphatic rings.